The number of aryl methyl sites for hydroxylation is 1. The first-order valence-electron chi connectivity index (χ1n) is 6.79. The summed E-state index contributed by atoms with van der Waals surface area (Å²) in [6.45, 7) is 7.76. The molecule has 0 spiro atoms. The zero-order chi connectivity index (χ0) is 13.7. The van der Waals surface area contributed by atoms with Gasteiger partial charge in [-0.1, -0.05) is 13.8 Å². The van der Waals surface area contributed by atoms with Crippen LogP contribution in [0.25, 0.3) is 0 Å². The van der Waals surface area contributed by atoms with Crippen molar-refractivity contribution in [1.82, 2.24) is 20.0 Å². The van der Waals surface area contributed by atoms with Crippen LogP contribution in [0.4, 0.5) is 0 Å². The average Bonchev–Trinajstić information content (AvgIpc) is 2.69. The second-order valence-corrected chi connectivity index (χ2v) is 5.76. The molecule has 1 aromatic rings. The Morgan fingerprint density at radius 2 is 2.00 bits per heavy atom. The highest BCUT2D eigenvalue weighted by atomic mass is 15.3. The van der Waals surface area contributed by atoms with Gasteiger partial charge in [0.25, 0.3) is 0 Å². The molecular formula is C14H28N4. The first-order chi connectivity index (χ1) is 8.41. The van der Waals surface area contributed by atoms with Gasteiger partial charge in [-0.05, 0) is 39.4 Å². The predicted octanol–water partition coefficient (Wildman–Crippen LogP) is 2.05. The largest absolute Gasteiger partial charge is 0.307 e. The van der Waals surface area contributed by atoms with Crippen LogP contribution in [0.1, 0.15) is 38.9 Å². The van der Waals surface area contributed by atoms with E-state index >= 15 is 0 Å². The summed E-state index contributed by atoms with van der Waals surface area (Å²) in [6, 6.07) is 3.00. The monoisotopic (exact) mass is 252 g/mol. The molecule has 0 radical (unpaired) electrons. The number of nitrogens with one attached hydrogen (secondary N) is 1. The number of hydrogen-bond donors (Lipinski definition) is 1. The second-order valence-electron chi connectivity index (χ2n) is 5.76. The standard InChI is InChI=1S/C14H28N4/c1-11(2)9-13(17(4)5)10-15-12(3)14-7-8-16-18(14)6/h7-8,11-13,15H,9-10H2,1-6H3. The zero-order valence-corrected chi connectivity index (χ0v) is 12.6. The van der Waals surface area contributed by atoms with E-state index in [0.717, 1.165) is 12.5 Å². The van der Waals surface area contributed by atoms with Crippen LogP contribution in [0.2, 0.25) is 0 Å². The van der Waals surface area contributed by atoms with E-state index in [0.29, 0.717) is 12.1 Å². The minimum Gasteiger partial charge on any atom is -0.307 e. The molecule has 4 nitrogen and oxygen atoms in total. The Hall–Kier alpha value is -0.870. The zero-order valence-electron chi connectivity index (χ0n) is 12.6. The first kappa shape index (κ1) is 15.2. The number of aromatic nitrogens is 2. The minimum absolute atomic E-state index is 0.340. The van der Waals surface area contributed by atoms with E-state index < -0.39 is 0 Å². The van der Waals surface area contributed by atoms with Gasteiger partial charge in [-0.15, -0.1) is 0 Å². The molecule has 0 aliphatic heterocycles. The third-order valence-corrected chi connectivity index (χ3v) is 3.44. The van der Waals surface area contributed by atoms with Crippen molar-refractivity contribution in [2.45, 2.75) is 39.3 Å². The normalized spacial score (nSPS) is 15.3. The maximum Gasteiger partial charge on any atom is 0.0547 e. The van der Waals surface area contributed by atoms with E-state index in [1.54, 1.807) is 0 Å². The molecule has 18 heavy (non-hydrogen) atoms. The molecule has 0 bridgehead atoms. The molecule has 104 valence electrons. The maximum atomic E-state index is 4.21. The van der Waals surface area contributed by atoms with Crippen molar-refractivity contribution in [3.63, 3.8) is 0 Å². The molecule has 0 aliphatic rings. The highest BCUT2D eigenvalue weighted by Crippen LogP contribution is 2.13. The summed E-state index contributed by atoms with van der Waals surface area (Å²) in [5, 5.41) is 7.82. The smallest absolute Gasteiger partial charge is 0.0547 e. The van der Waals surface area contributed by atoms with Crippen LogP contribution in [0, 0.1) is 5.92 Å². The van der Waals surface area contributed by atoms with Crippen molar-refractivity contribution in [2.75, 3.05) is 20.6 Å². The Morgan fingerprint density at radius 1 is 1.33 bits per heavy atom. The summed E-state index contributed by atoms with van der Waals surface area (Å²) in [7, 11) is 6.30. The summed E-state index contributed by atoms with van der Waals surface area (Å²) < 4.78 is 1.94. The van der Waals surface area contributed by atoms with Gasteiger partial charge in [-0.25, -0.2) is 0 Å². The number of likely N-dealkylation sites (N-methyl/N-ethyl adjacent to an activating group) is 1. The fourth-order valence-electron chi connectivity index (χ4n) is 2.25. The SMILES string of the molecule is CC(C)CC(CNC(C)c1ccnn1C)N(C)C. The quantitative estimate of drug-likeness (QED) is 0.806. The molecule has 0 saturated heterocycles. The van der Waals surface area contributed by atoms with Crippen LogP contribution in [-0.4, -0.2) is 41.4 Å². The Labute approximate surface area is 111 Å². The number of hydrogen-bond acceptors (Lipinski definition) is 3. The van der Waals surface area contributed by atoms with E-state index in [-0.39, 0.29) is 0 Å². The molecule has 1 aromatic heterocycles. The molecular weight excluding hydrogens is 224 g/mol. The van der Waals surface area contributed by atoms with Gasteiger partial charge in [0.05, 0.1) is 5.69 Å². The van der Waals surface area contributed by atoms with E-state index in [1.807, 2.05) is 17.9 Å². The van der Waals surface area contributed by atoms with Crippen LogP contribution in [0.3, 0.4) is 0 Å². The first-order valence-corrected chi connectivity index (χ1v) is 6.79. The molecule has 0 saturated carbocycles. The van der Waals surface area contributed by atoms with Crippen LogP contribution < -0.4 is 5.32 Å². The lowest BCUT2D eigenvalue weighted by atomic mass is 10.0. The van der Waals surface area contributed by atoms with Gasteiger partial charge in [-0.2, -0.15) is 5.10 Å². The van der Waals surface area contributed by atoms with Crippen molar-refractivity contribution < 1.29 is 0 Å². The van der Waals surface area contributed by atoms with E-state index in [9.17, 15) is 0 Å². The molecule has 1 heterocycles. The molecule has 4 heteroatoms. The summed E-state index contributed by atoms with van der Waals surface area (Å²) in [4.78, 5) is 2.31. The van der Waals surface area contributed by atoms with Crippen molar-refractivity contribution in [3.05, 3.63) is 18.0 Å². The third-order valence-electron chi connectivity index (χ3n) is 3.44. The van der Waals surface area contributed by atoms with Gasteiger partial charge < -0.3 is 10.2 Å². The Kier molecular flexibility index (Phi) is 5.82. The van der Waals surface area contributed by atoms with Crippen molar-refractivity contribution in [2.24, 2.45) is 13.0 Å². The Balaban J connectivity index is 2.49. The number of rotatable bonds is 7. The lowest BCUT2D eigenvalue weighted by Gasteiger charge is -2.28. The topological polar surface area (TPSA) is 33.1 Å². The van der Waals surface area contributed by atoms with E-state index in [1.165, 1.54) is 12.1 Å². The van der Waals surface area contributed by atoms with Gasteiger partial charge in [-0.3, -0.25) is 4.68 Å². The molecule has 2 unspecified atom stereocenters. The molecule has 1 N–H and O–H groups in total. The van der Waals surface area contributed by atoms with Crippen molar-refractivity contribution in [1.29, 1.82) is 0 Å². The molecule has 0 aromatic carbocycles. The van der Waals surface area contributed by atoms with Gasteiger partial charge in [0.15, 0.2) is 0 Å². The van der Waals surface area contributed by atoms with Crippen LogP contribution in [-0.2, 0) is 7.05 Å². The minimum atomic E-state index is 0.340. The van der Waals surface area contributed by atoms with Crippen LogP contribution in [0.15, 0.2) is 12.3 Å². The molecule has 0 amide bonds. The van der Waals surface area contributed by atoms with Crippen molar-refractivity contribution >= 4 is 0 Å². The van der Waals surface area contributed by atoms with Crippen molar-refractivity contribution in [3.8, 4) is 0 Å². The maximum absolute atomic E-state index is 4.21. The summed E-state index contributed by atoms with van der Waals surface area (Å²) in [6.07, 6.45) is 3.07. The van der Waals surface area contributed by atoms with E-state index in [2.05, 4.69) is 56.2 Å². The highest BCUT2D eigenvalue weighted by Gasteiger charge is 2.15. The fourth-order valence-corrected chi connectivity index (χ4v) is 2.25. The number of nitrogens with zero attached hydrogens (tertiary/aromatic N) is 3. The summed E-state index contributed by atoms with van der Waals surface area (Å²) in [5.74, 6) is 0.728. The van der Waals surface area contributed by atoms with Gasteiger partial charge in [0.2, 0.25) is 0 Å². The summed E-state index contributed by atoms with van der Waals surface area (Å²) in [5.41, 5.74) is 1.23. The summed E-state index contributed by atoms with van der Waals surface area (Å²) >= 11 is 0. The average molecular weight is 252 g/mol. The fraction of sp³-hybridized carbons (Fsp3) is 0.786. The predicted molar refractivity (Wildman–Crippen MR) is 76.6 cm³/mol. The lowest BCUT2D eigenvalue weighted by molar-refractivity contribution is 0.241. The van der Waals surface area contributed by atoms with Crippen LogP contribution >= 0.6 is 0 Å². The Bertz CT molecular complexity index is 343. The van der Waals surface area contributed by atoms with Gasteiger partial charge >= 0.3 is 0 Å². The Morgan fingerprint density at radius 3 is 2.44 bits per heavy atom. The lowest BCUT2D eigenvalue weighted by Crippen LogP contribution is -2.39. The molecule has 0 fully saturated rings. The molecule has 0 aliphatic carbocycles. The third kappa shape index (κ3) is 4.42. The molecule has 2 atom stereocenters. The van der Waals surface area contributed by atoms with Gasteiger partial charge in [0, 0.05) is 31.9 Å². The van der Waals surface area contributed by atoms with Crippen LogP contribution in [0.5, 0.6) is 0 Å². The molecule has 1 rings (SSSR count). The highest BCUT2D eigenvalue weighted by molar-refractivity contribution is 5.05. The van der Waals surface area contributed by atoms with E-state index in [4.69, 9.17) is 0 Å². The second kappa shape index (κ2) is 6.90. The van der Waals surface area contributed by atoms with Gasteiger partial charge in [0.1, 0.15) is 0 Å².